The maximum absolute atomic E-state index is 10.7. The summed E-state index contributed by atoms with van der Waals surface area (Å²) in [6.07, 6.45) is 3.44. The number of hydrogen-bond acceptors (Lipinski definition) is 4. The van der Waals surface area contributed by atoms with Gasteiger partial charge in [-0.15, -0.1) is 0 Å². The van der Waals surface area contributed by atoms with Crippen LogP contribution >= 0.6 is 0 Å². The van der Waals surface area contributed by atoms with E-state index < -0.39 is 4.92 Å². The first-order chi connectivity index (χ1) is 8.70. The fourth-order valence-electron chi connectivity index (χ4n) is 1.78. The number of nitrogens with zero attached hydrogens (tertiary/aromatic N) is 2. The third-order valence-corrected chi connectivity index (χ3v) is 2.75. The molecule has 2 rings (SSSR count). The lowest BCUT2D eigenvalue weighted by molar-refractivity contribution is -0.384. The van der Waals surface area contributed by atoms with Gasteiger partial charge in [0.1, 0.15) is 0 Å². The van der Waals surface area contributed by atoms with Gasteiger partial charge in [-0.25, -0.2) is 4.98 Å². The SMILES string of the molecule is CCCCCNc1nc2ccc([N+](=O)[O-])cc2[nH]1. The fraction of sp³-hybridized carbons (Fsp3) is 0.417. The van der Waals surface area contributed by atoms with Crippen molar-refractivity contribution in [2.45, 2.75) is 26.2 Å². The highest BCUT2D eigenvalue weighted by Gasteiger charge is 2.09. The molecule has 2 N–H and O–H groups in total. The van der Waals surface area contributed by atoms with Gasteiger partial charge in [0.2, 0.25) is 5.95 Å². The van der Waals surface area contributed by atoms with Crippen molar-refractivity contribution < 1.29 is 4.92 Å². The van der Waals surface area contributed by atoms with E-state index in [0.717, 1.165) is 18.5 Å². The molecule has 0 saturated carbocycles. The monoisotopic (exact) mass is 248 g/mol. The second-order valence-electron chi connectivity index (χ2n) is 4.18. The van der Waals surface area contributed by atoms with Crippen LogP contribution in [0.3, 0.4) is 0 Å². The molecular formula is C12H16N4O2. The van der Waals surface area contributed by atoms with E-state index in [0.29, 0.717) is 11.5 Å². The summed E-state index contributed by atoms with van der Waals surface area (Å²) in [6, 6.07) is 4.62. The molecule has 0 saturated heterocycles. The van der Waals surface area contributed by atoms with Gasteiger partial charge in [-0.3, -0.25) is 10.1 Å². The standard InChI is InChI=1S/C12H16N4O2/c1-2-3-4-7-13-12-14-10-6-5-9(16(17)18)8-11(10)15-12/h5-6,8H,2-4,7H2,1H3,(H2,13,14,15). The number of anilines is 1. The Morgan fingerprint density at radius 3 is 3.00 bits per heavy atom. The molecule has 1 heterocycles. The number of unbranched alkanes of at least 4 members (excludes halogenated alkanes) is 2. The zero-order valence-corrected chi connectivity index (χ0v) is 10.3. The Morgan fingerprint density at radius 2 is 2.28 bits per heavy atom. The molecule has 0 amide bonds. The van der Waals surface area contributed by atoms with Gasteiger partial charge in [-0.2, -0.15) is 0 Å². The number of nitro benzene ring substituents is 1. The number of hydrogen-bond donors (Lipinski definition) is 2. The highest BCUT2D eigenvalue weighted by molar-refractivity contribution is 5.79. The van der Waals surface area contributed by atoms with Crippen LogP contribution in [-0.2, 0) is 0 Å². The molecule has 0 aliphatic heterocycles. The van der Waals surface area contributed by atoms with Crippen molar-refractivity contribution in [2.24, 2.45) is 0 Å². The van der Waals surface area contributed by atoms with Crippen LogP contribution in [0.15, 0.2) is 18.2 Å². The van der Waals surface area contributed by atoms with Gasteiger partial charge >= 0.3 is 0 Å². The molecule has 1 aromatic carbocycles. The Morgan fingerprint density at radius 1 is 1.44 bits per heavy atom. The first kappa shape index (κ1) is 12.3. The Hall–Kier alpha value is -2.11. The van der Waals surface area contributed by atoms with Crippen LogP contribution < -0.4 is 5.32 Å². The fourth-order valence-corrected chi connectivity index (χ4v) is 1.78. The van der Waals surface area contributed by atoms with E-state index in [4.69, 9.17) is 0 Å². The lowest BCUT2D eigenvalue weighted by Crippen LogP contribution is -2.02. The van der Waals surface area contributed by atoms with E-state index in [2.05, 4.69) is 22.2 Å². The number of aromatic amines is 1. The van der Waals surface area contributed by atoms with E-state index in [1.165, 1.54) is 25.0 Å². The van der Waals surface area contributed by atoms with Gasteiger partial charge in [-0.05, 0) is 12.5 Å². The molecule has 0 aliphatic rings. The quantitative estimate of drug-likeness (QED) is 0.467. The minimum Gasteiger partial charge on any atom is -0.356 e. The van der Waals surface area contributed by atoms with Crippen molar-refractivity contribution in [2.75, 3.05) is 11.9 Å². The summed E-state index contributed by atoms with van der Waals surface area (Å²) < 4.78 is 0. The lowest BCUT2D eigenvalue weighted by atomic mass is 10.2. The molecule has 0 bridgehead atoms. The van der Waals surface area contributed by atoms with Crippen molar-refractivity contribution in [3.63, 3.8) is 0 Å². The lowest BCUT2D eigenvalue weighted by Gasteiger charge is -2.00. The normalized spacial score (nSPS) is 10.7. The smallest absolute Gasteiger partial charge is 0.271 e. The number of benzene rings is 1. The molecule has 96 valence electrons. The largest absolute Gasteiger partial charge is 0.356 e. The van der Waals surface area contributed by atoms with Crippen molar-refractivity contribution in [1.82, 2.24) is 9.97 Å². The predicted octanol–water partition coefficient (Wildman–Crippen LogP) is 3.07. The Kier molecular flexibility index (Phi) is 3.76. The number of non-ortho nitro benzene ring substituents is 1. The minimum absolute atomic E-state index is 0.0729. The van der Waals surface area contributed by atoms with Crippen LogP contribution in [0.2, 0.25) is 0 Å². The van der Waals surface area contributed by atoms with E-state index in [1.807, 2.05) is 0 Å². The van der Waals surface area contributed by atoms with Crippen LogP contribution in [0.25, 0.3) is 11.0 Å². The number of H-pyrrole nitrogens is 1. The molecule has 0 fully saturated rings. The average Bonchev–Trinajstić information content (AvgIpc) is 2.76. The van der Waals surface area contributed by atoms with Crippen LogP contribution in [-0.4, -0.2) is 21.4 Å². The maximum Gasteiger partial charge on any atom is 0.271 e. The first-order valence-corrected chi connectivity index (χ1v) is 6.08. The predicted molar refractivity (Wildman–Crippen MR) is 70.8 cm³/mol. The van der Waals surface area contributed by atoms with Crippen LogP contribution in [0.4, 0.5) is 11.6 Å². The Labute approximate surface area is 105 Å². The van der Waals surface area contributed by atoms with Gasteiger partial charge in [0.05, 0.1) is 16.0 Å². The molecule has 0 atom stereocenters. The highest BCUT2D eigenvalue weighted by Crippen LogP contribution is 2.20. The van der Waals surface area contributed by atoms with Gasteiger partial charge in [0, 0.05) is 18.7 Å². The van der Waals surface area contributed by atoms with E-state index >= 15 is 0 Å². The summed E-state index contributed by atoms with van der Waals surface area (Å²) in [7, 11) is 0. The van der Waals surface area contributed by atoms with Crippen LogP contribution in [0, 0.1) is 10.1 Å². The molecular weight excluding hydrogens is 232 g/mol. The molecule has 0 aliphatic carbocycles. The van der Waals surface area contributed by atoms with E-state index in [-0.39, 0.29) is 5.69 Å². The molecule has 0 unspecified atom stereocenters. The zero-order chi connectivity index (χ0) is 13.0. The van der Waals surface area contributed by atoms with Crippen molar-refractivity contribution >= 4 is 22.7 Å². The molecule has 0 radical (unpaired) electrons. The van der Waals surface area contributed by atoms with Crippen LogP contribution in [0.1, 0.15) is 26.2 Å². The molecule has 6 nitrogen and oxygen atoms in total. The number of aromatic nitrogens is 2. The number of nitrogens with one attached hydrogen (secondary N) is 2. The number of imidazole rings is 1. The summed E-state index contributed by atoms with van der Waals surface area (Å²) in [4.78, 5) is 17.6. The highest BCUT2D eigenvalue weighted by atomic mass is 16.6. The van der Waals surface area contributed by atoms with E-state index in [9.17, 15) is 10.1 Å². The van der Waals surface area contributed by atoms with Crippen molar-refractivity contribution in [3.8, 4) is 0 Å². The molecule has 18 heavy (non-hydrogen) atoms. The summed E-state index contributed by atoms with van der Waals surface area (Å²) in [5.41, 5.74) is 1.49. The third-order valence-electron chi connectivity index (χ3n) is 2.75. The van der Waals surface area contributed by atoms with Crippen LogP contribution in [0.5, 0.6) is 0 Å². The van der Waals surface area contributed by atoms with Crippen molar-refractivity contribution in [1.29, 1.82) is 0 Å². The molecule has 2 aromatic rings. The number of fused-ring (bicyclic) bond motifs is 1. The molecule has 0 spiro atoms. The molecule has 6 heteroatoms. The van der Waals surface area contributed by atoms with Gasteiger partial charge in [-0.1, -0.05) is 19.8 Å². The third kappa shape index (κ3) is 2.77. The second kappa shape index (κ2) is 5.48. The summed E-state index contributed by atoms with van der Waals surface area (Å²) in [6.45, 7) is 3.01. The first-order valence-electron chi connectivity index (χ1n) is 6.08. The summed E-state index contributed by atoms with van der Waals surface area (Å²) in [5.74, 6) is 0.668. The average molecular weight is 248 g/mol. The summed E-state index contributed by atoms with van der Waals surface area (Å²) in [5, 5.41) is 13.8. The Bertz CT molecular complexity index is 550. The number of rotatable bonds is 6. The summed E-state index contributed by atoms with van der Waals surface area (Å²) >= 11 is 0. The maximum atomic E-state index is 10.7. The Balaban J connectivity index is 2.09. The molecule has 1 aromatic heterocycles. The van der Waals surface area contributed by atoms with E-state index in [1.54, 1.807) is 6.07 Å². The second-order valence-corrected chi connectivity index (χ2v) is 4.18. The minimum atomic E-state index is -0.408. The van der Waals surface area contributed by atoms with Crippen molar-refractivity contribution in [3.05, 3.63) is 28.3 Å². The topological polar surface area (TPSA) is 83.8 Å². The number of nitro groups is 1. The zero-order valence-electron chi connectivity index (χ0n) is 10.3. The van der Waals surface area contributed by atoms with Gasteiger partial charge in [0.25, 0.3) is 5.69 Å². The van der Waals surface area contributed by atoms with Gasteiger partial charge < -0.3 is 10.3 Å². The van der Waals surface area contributed by atoms with Gasteiger partial charge in [0.15, 0.2) is 0 Å².